The second kappa shape index (κ2) is 6.65. The van der Waals surface area contributed by atoms with Gasteiger partial charge in [-0.1, -0.05) is 30.3 Å². The first-order chi connectivity index (χ1) is 10.1. The van der Waals surface area contributed by atoms with Crippen LogP contribution in [0.25, 0.3) is 0 Å². The van der Waals surface area contributed by atoms with E-state index in [9.17, 15) is 14.7 Å². The third-order valence-electron chi connectivity index (χ3n) is 2.80. The number of nitrogens with zero attached hydrogens (tertiary/aromatic N) is 2. The molecule has 0 amide bonds. The molecule has 0 saturated carbocycles. The Balaban J connectivity index is 2.21. The molecule has 1 aromatic carbocycles. The van der Waals surface area contributed by atoms with Crippen molar-refractivity contribution in [3.63, 3.8) is 0 Å². The number of esters is 1. The van der Waals surface area contributed by atoms with E-state index in [0.29, 0.717) is 5.56 Å². The summed E-state index contributed by atoms with van der Waals surface area (Å²) in [5, 5.41) is 15.8. The van der Waals surface area contributed by atoms with Crippen LogP contribution in [0.15, 0.2) is 30.3 Å². The zero-order valence-electron chi connectivity index (χ0n) is 11.4. The number of H-pyrrole nitrogens is 1. The molecule has 110 valence electrons. The minimum Gasteiger partial charge on any atom is -0.480 e. The van der Waals surface area contributed by atoms with Crippen LogP contribution < -0.4 is 0 Å². The highest BCUT2D eigenvalue weighted by molar-refractivity contribution is 5.79. The zero-order chi connectivity index (χ0) is 15.2. The van der Waals surface area contributed by atoms with Crippen LogP contribution >= 0.6 is 0 Å². The van der Waals surface area contributed by atoms with Crippen LogP contribution in [-0.2, 0) is 20.7 Å². The van der Waals surface area contributed by atoms with E-state index in [1.807, 2.05) is 0 Å². The lowest BCUT2D eigenvalue weighted by Crippen LogP contribution is -2.15. The van der Waals surface area contributed by atoms with Crippen LogP contribution in [0.2, 0.25) is 0 Å². The molecular formula is C14H15N3O4. The minimum absolute atomic E-state index is 0.0675. The standard InChI is InChI=1S/C14H15N3O4/c1-2-21-11(18)8-10-15-13(17-16-10)12(14(19)20)9-6-4-3-5-7-9/h3-7,12H,2,8H2,1H3,(H,19,20)(H,15,16,17). The summed E-state index contributed by atoms with van der Waals surface area (Å²) in [6.07, 6.45) is -0.0675. The maximum atomic E-state index is 11.4. The molecule has 0 spiro atoms. The predicted octanol–water partition coefficient (Wildman–Crippen LogP) is 1.13. The van der Waals surface area contributed by atoms with E-state index in [4.69, 9.17) is 4.74 Å². The molecule has 1 heterocycles. The van der Waals surface area contributed by atoms with E-state index >= 15 is 0 Å². The van der Waals surface area contributed by atoms with Gasteiger partial charge in [0.2, 0.25) is 0 Å². The van der Waals surface area contributed by atoms with Crippen molar-refractivity contribution in [3.05, 3.63) is 47.5 Å². The van der Waals surface area contributed by atoms with Crippen LogP contribution in [0.1, 0.15) is 30.1 Å². The van der Waals surface area contributed by atoms with Crippen molar-refractivity contribution in [1.29, 1.82) is 0 Å². The minimum atomic E-state index is -1.05. The van der Waals surface area contributed by atoms with Gasteiger partial charge >= 0.3 is 11.9 Å². The van der Waals surface area contributed by atoms with E-state index in [2.05, 4.69) is 15.2 Å². The molecule has 0 aliphatic heterocycles. The summed E-state index contributed by atoms with van der Waals surface area (Å²) in [6.45, 7) is 1.99. The summed E-state index contributed by atoms with van der Waals surface area (Å²) >= 11 is 0. The molecule has 0 radical (unpaired) electrons. The van der Waals surface area contributed by atoms with Crippen molar-refractivity contribution in [2.24, 2.45) is 0 Å². The molecule has 21 heavy (non-hydrogen) atoms. The fourth-order valence-electron chi connectivity index (χ4n) is 1.91. The number of benzene rings is 1. The summed E-state index contributed by atoms with van der Waals surface area (Å²) in [4.78, 5) is 26.9. The molecule has 0 aliphatic rings. The summed E-state index contributed by atoms with van der Waals surface area (Å²) in [6, 6.07) is 8.68. The Kier molecular flexibility index (Phi) is 4.65. The predicted molar refractivity (Wildman–Crippen MR) is 72.6 cm³/mol. The molecular weight excluding hydrogens is 274 g/mol. The lowest BCUT2D eigenvalue weighted by atomic mass is 9.99. The highest BCUT2D eigenvalue weighted by atomic mass is 16.5. The maximum Gasteiger partial charge on any atom is 0.318 e. The van der Waals surface area contributed by atoms with Gasteiger partial charge in [-0.05, 0) is 12.5 Å². The second-order valence-electron chi connectivity index (χ2n) is 4.30. The van der Waals surface area contributed by atoms with Gasteiger partial charge in [-0.25, -0.2) is 4.98 Å². The summed E-state index contributed by atoms with van der Waals surface area (Å²) in [5.41, 5.74) is 0.576. The quantitative estimate of drug-likeness (QED) is 0.772. The first-order valence-electron chi connectivity index (χ1n) is 6.46. The van der Waals surface area contributed by atoms with Crippen LogP contribution in [-0.4, -0.2) is 38.8 Å². The van der Waals surface area contributed by atoms with Crippen LogP contribution in [0, 0.1) is 0 Å². The van der Waals surface area contributed by atoms with Crippen molar-refractivity contribution in [3.8, 4) is 0 Å². The van der Waals surface area contributed by atoms with Crippen molar-refractivity contribution in [2.45, 2.75) is 19.3 Å². The van der Waals surface area contributed by atoms with E-state index in [1.165, 1.54) is 0 Å². The fraction of sp³-hybridized carbons (Fsp3) is 0.286. The van der Waals surface area contributed by atoms with Crippen molar-refractivity contribution < 1.29 is 19.4 Å². The number of hydrogen-bond acceptors (Lipinski definition) is 5. The number of nitrogens with one attached hydrogen (secondary N) is 1. The summed E-state index contributed by atoms with van der Waals surface area (Å²) in [7, 11) is 0. The van der Waals surface area contributed by atoms with Crippen LogP contribution in [0.5, 0.6) is 0 Å². The topological polar surface area (TPSA) is 105 Å². The maximum absolute atomic E-state index is 11.4. The van der Waals surface area contributed by atoms with Crippen molar-refractivity contribution in [1.82, 2.24) is 15.2 Å². The van der Waals surface area contributed by atoms with Gasteiger partial charge in [0.1, 0.15) is 18.2 Å². The number of carboxylic acid groups (broad SMARTS) is 1. The van der Waals surface area contributed by atoms with Crippen molar-refractivity contribution >= 4 is 11.9 Å². The molecule has 0 fully saturated rings. The number of carboxylic acids is 1. The van der Waals surface area contributed by atoms with Gasteiger partial charge in [-0.3, -0.25) is 14.7 Å². The fourth-order valence-corrected chi connectivity index (χ4v) is 1.91. The van der Waals surface area contributed by atoms with Gasteiger partial charge in [0, 0.05) is 0 Å². The van der Waals surface area contributed by atoms with Gasteiger partial charge in [0.15, 0.2) is 5.82 Å². The molecule has 1 unspecified atom stereocenters. The third kappa shape index (κ3) is 3.65. The van der Waals surface area contributed by atoms with Gasteiger partial charge in [-0.15, -0.1) is 0 Å². The number of aromatic amines is 1. The number of carbonyl (C=O) groups excluding carboxylic acids is 1. The SMILES string of the molecule is CCOC(=O)Cc1nc(C(C(=O)O)c2ccccc2)n[nH]1. The largest absolute Gasteiger partial charge is 0.480 e. The second-order valence-corrected chi connectivity index (χ2v) is 4.30. The molecule has 7 heteroatoms. The Hall–Kier alpha value is -2.70. The van der Waals surface area contributed by atoms with Gasteiger partial charge < -0.3 is 9.84 Å². The Morgan fingerprint density at radius 3 is 2.67 bits per heavy atom. The number of carbonyl (C=O) groups is 2. The molecule has 1 aromatic heterocycles. The van der Waals surface area contributed by atoms with E-state index in [-0.39, 0.29) is 24.7 Å². The lowest BCUT2D eigenvalue weighted by Gasteiger charge is -2.08. The summed E-state index contributed by atoms with van der Waals surface area (Å²) < 4.78 is 4.80. The molecule has 2 rings (SSSR count). The number of hydrogen-bond donors (Lipinski definition) is 2. The Morgan fingerprint density at radius 2 is 2.05 bits per heavy atom. The van der Waals surface area contributed by atoms with E-state index < -0.39 is 17.9 Å². The first kappa shape index (κ1) is 14.7. The molecule has 1 atom stereocenters. The third-order valence-corrected chi connectivity index (χ3v) is 2.80. The molecule has 2 aromatic rings. The average molecular weight is 289 g/mol. The van der Waals surface area contributed by atoms with Gasteiger partial charge in [0.25, 0.3) is 0 Å². The van der Waals surface area contributed by atoms with E-state index in [1.54, 1.807) is 37.3 Å². The van der Waals surface area contributed by atoms with E-state index in [0.717, 1.165) is 0 Å². The highest BCUT2D eigenvalue weighted by Crippen LogP contribution is 2.21. The first-order valence-corrected chi connectivity index (χ1v) is 6.46. The molecule has 7 nitrogen and oxygen atoms in total. The Labute approximate surface area is 121 Å². The molecule has 2 N–H and O–H groups in total. The number of aliphatic carboxylic acids is 1. The normalized spacial score (nSPS) is 11.9. The van der Waals surface area contributed by atoms with Crippen molar-refractivity contribution in [2.75, 3.05) is 6.61 Å². The van der Waals surface area contributed by atoms with Gasteiger partial charge in [-0.2, -0.15) is 5.10 Å². The van der Waals surface area contributed by atoms with Crippen LogP contribution in [0.3, 0.4) is 0 Å². The zero-order valence-corrected chi connectivity index (χ0v) is 11.4. The Morgan fingerprint density at radius 1 is 1.33 bits per heavy atom. The summed E-state index contributed by atoms with van der Waals surface area (Å²) in [5.74, 6) is -2.06. The number of ether oxygens (including phenoxy) is 1. The molecule has 0 bridgehead atoms. The number of aromatic nitrogens is 3. The molecule has 0 saturated heterocycles. The van der Waals surface area contributed by atoms with Gasteiger partial charge in [0.05, 0.1) is 6.61 Å². The highest BCUT2D eigenvalue weighted by Gasteiger charge is 2.26. The lowest BCUT2D eigenvalue weighted by molar-refractivity contribution is -0.142. The Bertz CT molecular complexity index is 624. The van der Waals surface area contributed by atoms with Crippen LogP contribution in [0.4, 0.5) is 0 Å². The molecule has 0 aliphatic carbocycles. The smallest absolute Gasteiger partial charge is 0.318 e. The number of rotatable bonds is 6. The average Bonchev–Trinajstić information content (AvgIpc) is 2.88. The monoisotopic (exact) mass is 289 g/mol.